The van der Waals surface area contributed by atoms with Gasteiger partial charge in [-0.2, -0.15) is 0 Å². The average Bonchev–Trinajstić information content (AvgIpc) is 3.12. The minimum absolute atomic E-state index is 0.691. The van der Waals surface area contributed by atoms with Crippen molar-refractivity contribution in [1.29, 1.82) is 0 Å². The van der Waals surface area contributed by atoms with Crippen molar-refractivity contribution < 1.29 is 0 Å². The molecule has 0 radical (unpaired) electrons. The maximum atomic E-state index is 4.23. The third kappa shape index (κ3) is 2.19. The van der Waals surface area contributed by atoms with E-state index in [0.29, 0.717) is 6.04 Å². The van der Waals surface area contributed by atoms with Crippen LogP contribution in [-0.4, -0.2) is 25.8 Å². The van der Waals surface area contributed by atoms with Gasteiger partial charge in [0.2, 0.25) is 0 Å². The molecule has 1 aliphatic rings. The number of hydrogen-bond acceptors (Lipinski definition) is 4. The molecule has 0 saturated heterocycles. The van der Waals surface area contributed by atoms with Crippen LogP contribution >= 0.6 is 0 Å². The van der Waals surface area contributed by atoms with E-state index in [1.54, 1.807) is 12.4 Å². The van der Waals surface area contributed by atoms with E-state index < -0.39 is 0 Å². The predicted octanol–water partition coefficient (Wildman–Crippen LogP) is 1.13. The Morgan fingerprint density at radius 2 is 2.06 bits per heavy atom. The number of nitrogens with zero attached hydrogens (tertiary/aromatic N) is 4. The third-order valence-electron chi connectivity index (χ3n) is 3.03. The molecule has 0 spiro atoms. The largest absolute Gasteiger partial charge is 0.313 e. The van der Waals surface area contributed by atoms with Crippen LogP contribution in [0.2, 0.25) is 0 Å². The number of nitrogens with one attached hydrogen (secondary N) is 1. The second-order valence-corrected chi connectivity index (χ2v) is 4.39. The Morgan fingerprint density at radius 1 is 1.29 bits per heavy atom. The Morgan fingerprint density at radius 3 is 2.76 bits per heavy atom. The van der Waals surface area contributed by atoms with E-state index in [-0.39, 0.29) is 0 Å². The SMILES string of the molecule is Cn1c(CNC2CC2)nnc1-c1ccncc1. The molecule has 5 heteroatoms. The molecule has 1 saturated carbocycles. The quantitative estimate of drug-likeness (QED) is 0.854. The van der Waals surface area contributed by atoms with Crippen LogP contribution in [0.4, 0.5) is 0 Å². The predicted molar refractivity (Wildman–Crippen MR) is 64.1 cm³/mol. The molecule has 1 fully saturated rings. The van der Waals surface area contributed by atoms with Gasteiger partial charge in [0.15, 0.2) is 5.82 Å². The smallest absolute Gasteiger partial charge is 0.163 e. The van der Waals surface area contributed by atoms with Gasteiger partial charge in [0, 0.05) is 31.0 Å². The summed E-state index contributed by atoms with van der Waals surface area (Å²) in [4.78, 5) is 4.01. The van der Waals surface area contributed by atoms with Crippen molar-refractivity contribution in [2.75, 3.05) is 0 Å². The lowest BCUT2D eigenvalue weighted by Crippen LogP contribution is -2.18. The van der Waals surface area contributed by atoms with Gasteiger partial charge < -0.3 is 9.88 Å². The first-order valence-corrected chi connectivity index (χ1v) is 5.86. The standard InChI is InChI=1S/C12H15N5/c1-17-11(8-14-10-2-3-10)15-16-12(17)9-4-6-13-7-5-9/h4-7,10,14H,2-3,8H2,1H3. The van der Waals surface area contributed by atoms with Gasteiger partial charge in [-0.05, 0) is 25.0 Å². The molecule has 1 aliphatic carbocycles. The molecule has 88 valence electrons. The zero-order valence-electron chi connectivity index (χ0n) is 9.80. The highest BCUT2D eigenvalue weighted by atomic mass is 15.3. The van der Waals surface area contributed by atoms with Gasteiger partial charge in [-0.3, -0.25) is 4.98 Å². The molecule has 0 unspecified atom stereocenters. The van der Waals surface area contributed by atoms with Crippen LogP contribution < -0.4 is 5.32 Å². The Kier molecular flexibility index (Phi) is 2.60. The monoisotopic (exact) mass is 229 g/mol. The summed E-state index contributed by atoms with van der Waals surface area (Å²) in [5.41, 5.74) is 1.05. The Bertz CT molecular complexity index is 501. The number of rotatable bonds is 4. The number of aromatic nitrogens is 4. The summed E-state index contributed by atoms with van der Waals surface area (Å²) in [6.07, 6.45) is 6.11. The van der Waals surface area contributed by atoms with Crippen LogP contribution in [0.1, 0.15) is 18.7 Å². The van der Waals surface area contributed by atoms with E-state index in [1.807, 2.05) is 23.7 Å². The first kappa shape index (κ1) is 10.4. The van der Waals surface area contributed by atoms with E-state index in [2.05, 4.69) is 20.5 Å². The summed E-state index contributed by atoms with van der Waals surface area (Å²) >= 11 is 0. The van der Waals surface area contributed by atoms with Crippen molar-refractivity contribution >= 4 is 0 Å². The highest BCUT2D eigenvalue weighted by Gasteiger charge is 2.21. The zero-order valence-corrected chi connectivity index (χ0v) is 9.80. The number of hydrogen-bond donors (Lipinski definition) is 1. The highest BCUT2D eigenvalue weighted by Crippen LogP contribution is 2.20. The normalized spacial score (nSPS) is 15.1. The van der Waals surface area contributed by atoms with Crippen LogP contribution in [0.25, 0.3) is 11.4 Å². The molecular weight excluding hydrogens is 214 g/mol. The number of pyridine rings is 1. The topological polar surface area (TPSA) is 55.6 Å². The van der Waals surface area contributed by atoms with Crippen molar-refractivity contribution in [2.45, 2.75) is 25.4 Å². The van der Waals surface area contributed by atoms with E-state index in [0.717, 1.165) is 23.8 Å². The van der Waals surface area contributed by atoms with Crippen LogP contribution in [0.15, 0.2) is 24.5 Å². The average molecular weight is 229 g/mol. The van der Waals surface area contributed by atoms with Gasteiger partial charge in [0.1, 0.15) is 5.82 Å². The fraction of sp³-hybridized carbons (Fsp3) is 0.417. The van der Waals surface area contributed by atoms with Gasteiger partial charge in [-0.15, -0.1) is 10.2 Å². The molecule has 1 N–H and O–H groups in total. The first-order chi connectivity index (χ1) is 8.34. The van der Waals surface area contributed by atoms with Crippen molar-refractivity contribution in [3.8, 4) is 11.4 Å². The van der Waals surface area contributed by atoms with E-state index >= 15 is 0 Å². The third-order valence-corrected chi connectivity index (χ3v) is 3.03. The molecule has 0 amide bonds. The van der Waals surface area contributed by atoms with Crippen molar-refractivity contribution in [3.05, 3.63) is 30.4 Å². The molecule has 3 rings (SSSR count). The van der Waals surface area contributed by atoms with Crippen molar-refractivity contribution in [3.63, 3.8) is 0 Å². The lowest BCUT2D eigenvalue weighted by atomic mass is 10.2. The summed E-state index contributed by atoms with van der Waals surface area (Å²) in [6, 6.07) is 4.58. The molecule has 2 aromatic rings. The van der Waals surface area contributed by atoms with E-state index in [9.17, 15) is 0 Å². The second-order valence-electron chi connectivity index (χ2n) is 4.39. The Balaban J connectivity index is 1.81. The molecule has 17 heavy (non-hydrogen) atoms. The van der Waals surface area contributed by atoms with Crippen LogP contribution in [0.3, 0.4) is 0 Å². The minimum atomic E-state index is 0.691. The van der Waals surface area contributed by atoms with Gasteiger partial charge in [-0.1, -0.05) is 0 Å². The molecular formula is C12H15N5. The van der Waals surface area contributed by atoms with E-state index in [1.165, 1.54) is 12.8 Å². The Labute approximate surface area is 99.9 Å². The second kappa shape index (κ2) is 4.25. The van der Waals surface area contributed by atoms with Gasteiger partial charge in [-0.25, -0.2) is 0 Å². The summed E-state index contributed by atoms with van der Waals surface area (Å²) in [5, 5.41) is 11.9. The fourth-order valence-corrected chi connectivity index (χ4v) is 1.79. The molecule has 2 aromatic heterocycles. The summed E-state index contributed by atoms with van der Waals surface area (Å²) < 4.78 is 2.03. The van der Waals surface area contributed by atoms with Gasteiger partial charge in [0.25, 0.3) is 0 Å². The molecule has 0 atom stereocenters. The van der Waals surface area contributed by atoms with Gasteiger partial charge in [0.05, 0.1) is 6.54 Å². The first-order valence-electron chi connectivity index (χ1n) is 5.86. The molecule has 0 aromatic carbocycles. The maximum Gasteiger partial charge on any atom is 0.163 e. The molecule has 2 heterocycles. The molecule has 5 nitrogen and oxygen atoms in total. The van der Waals surface area contributed by atoms with E-state index in [4.69, 9.17) is 0 Å². The van der Waals surface area contributed by atoms with Crippen molar-refractivity contribution in [2.24, 2.45) is 7.05 Å². The summed E-state index contributed by atoms with van der Waals surface area (Å²) in [7, 11) is 2.00. The Hall–Kier alpha value is -1.75. The highest BCUT2D eigenvalue weighted by molar-refractivity contribution is 5.53. The summed E-state index contributed by atoms with van der Waals surface area (Å²) in [5.74, 6) is 1.86. The summed E-state index contributed by atoms with van der Waals surface area (Å²) in [6.45, 7) is 0.791. The lowest BCUT2D eigenvalue weighted by Gasteiger charge is -2.04. The van der Waals surface area contributed by atoms with Gasteiger partial charge >= 0.3 is 0 Å². The van der Waals surface area contributed by atoms with Crippen LogP contribution in [0.5, 0.6) is 0 Å². The molecule has 0 aliphatic heterocycles. The zero-order chi connectivity index (χ0) is 11.7. The van der Waals surface area contributed by atoms with Crippen molar-refractivity contribution in [1.82, 2.24) is 25.1 Å². The minimum Gasteiger partial charge on any atom is -0.313 e. The molecule has 0 bridgehead atoms. The maximum absolute atomic E-state index is 4.23. The fourth-order valence-electron chi connectivity index (χ4n) is 1.79. The van der Waals surface area contributed by atoms with Crippen LogP contribution in [-0.2, 0) is 13.6 Å². The lowest BCUT2D eigenvalue weighted by molar-refractivity contribution is 0.634. The van der Waals surface area contributed by atoms with Crippen LogP contribution in [0, 0.1) is 0 Å².